The standard InChI is InChI=1S/C15H24N2O2/c1-15(2,3)19-14(18)17(5)12-11-16(4)13-9-7-6-8-10-13/h6-10H,11-12H2,1-5H3. The number of hydrogen-bond donors (Lipinski definition) is 0. The zero-order valence-corrected chi connectivity index (χ0v) is 12.5. The molecule has 0 radical (unpaired) electrons. The van der Waals surface area contributed by atoms with Crippen molar-refractivity contribution in [2.75, 3.05) is 32.1 Å². The van der Waals surface area contributed by atoms with Gasteiger partial charge >= 0.3 is 6.09 Å². The highest BCUT2D eigenvalue weighted by atomic mass is 16.6. The summed E-state index contributed by atoms with van der Waals surface area (Å²) < 4.78 is 5.31. The van der Waals surface area contributed by atoms with Gasteiger partial charge in [0.2, 0.25) is 0 Å². The van der Waals surface area contributed by atoms with Crippen LogP contribution in [0, 0.1) is 0 Å². The highest BCUT2D eigenvalue weighted by Crippen LogP contribution is 2.11. The molecule has 0 unspecified atom stereocenters. The maximum absolute atomic E-state index is 11.8. The highest BCUT2D eigenvalue weighted by molar-refractivity contribution is 5.67. The first-order chi connectivity index (χ1) is 8.79. The fourth-order valence-electron chi connectivity index (χ4n) is 1.54. The molecule has 0 heterocycles. The quantitative estimate of drug-likeness (QED) is 0.838. The van der Waals surface area contributed by atoms with Gasteiger partial charge in [0.1, 0.15) is 5.60 Å². The van der Waals surface area contributed by atoms with Gasteiger partial charge in [0.15, 0.2) is 0 Å². The van der Waals surface area contributed by atoms with Crippen molar-refractivity contribution in [1.82, 2.24) is 4.90 Å². The first-order valence-corrected chi connectivity index (χ1v) is 6.50. The minimum absolute atomic E-state index is 0.283. The summed E-state index contributed by atoms with van der Waals surface area (Å²) in [6.45, 7) is 7.00. The number of rotatable bonds is 4. The Hall–Kier alpha value is -1.71. The van der Waals surface area contributed by atoms with Crippen LogP contribution in [0.4, 0.5) is 10.5 Å². The van der Waals surface area contributed by atoms with Crippen LogP contribution in [-0.4, -0.2) is 43.8 Å². The third-order valence-electron chi connectivity index (χ3n) is 2.67. The van der Waals surface area contributed by atoms with Crippen molar-refractivity contribution >= 4 is 11.8 Å². The van der Waals surface area contributed by atoms with E-state index in [-0.39, 0.29) is 6.09 Å². The zero-order valence-electron chi connectivity index (χ0n) is 12.5. The van der Waals surface area contributed by atoms with Crippen molar-refractivity contribution in [3.8, 4) is 0 Å². The topological polar surface area (TPSA) is 32.8 Å². The monoisotopic (exact) mass is 264 g/mol. The fourth-order valence-corrected chi connectivity index (χ4v) is 1.54. The number of hydrogen-bond acceptors (Lipinski definition) is 3. The van der Waals surface area contributed by atoms with Gasteiger partial charge in [-0.1, -0.05) is 18.2 Å². The van der Waals surface area contributed by atoms with Crippen LogP contribution in [0.15, 0.2) is 30.3 Å². The van der Waals surface area contributed by atoms with E-state index in [9.17, 15) is 4.79 Å². The smallest absolute Gasteiger partial charge is 0.410 e. The van der Waals surface area contributed by atoms with E-state index in [0.717, 1.165) is 12.2 Å². The van der Waals surface area contributed by atoms with Gasteiger partial charge in [0.05, 0.1) is 0 Å². The average Bonchev–Trinajstić information content (AvgIpc) is 2.34. The molecule has 0 bridgehead atoms. The summed E-state index contributed by atoms with van der Waals surface area (Å²) in [5.41, 5.74) is 0.691. The lowest BCUT2D eigenvalue weighted by Gasteiger charge is -2.27. The minimum atomic E-state index is -0.448. The summed E-state index contributed by atoms with van der Waals surface area (Å²) in [4.78, 5) is 15.5. The summed E-state index contributed by atoms with van der Waals surface area (Å²) >= 11 is 0. The molecule has 0 N–H and O–H groups in total. The SMILES string of the molecule is CN(CCN(C)c1ccccc1)C(=O)OC(C)(C)C. The number of carbonyl (C=O) groups is 1. The molecule has 0 saturated carbocycles. The number of para-hydroxylation sites is 1. The van der Waals surface area contributed by atoms with E-state index in [1.807, 2.05) is 58.2 Å². The molecule has 0 aliphatic carbocycles. The molecule has 4 heteroatoms. The Morgan fingerprint density at radius 3 is 2.21 bits per heavy atom. The van der Waals surface area contributed by atoms with Crippen molar-refractivity contribution in [2.24, 2.45) is 0 Å². The van der Waals surface area contributed by atoms with Crippen molar-refractivity contribution < 1.29 is 9.53 Å². The van der Waals surface area contributed by atoms with Gasteiger partial charge in [-0.25, -0.2) is 4.79 Å². The van der Waals surface area contributed by atoms with Crippen LogP contribution in [0.5, 0.6) is 0 Å². The number of nitrogens with zero attached hydrogens (tertiary/aromatic N) is 2. The lowest BCUT2D eigenvalue weighted by molar-refractivity contribution is 0.0303. The normalized spacial score (nSPS) is 11.0. The molecular formula is C15H24N2O2. The minimum Gasteiger partial charge on any atom is -0.444 e. The average molecular weight is 264 g/mol. The fraction of sp³-hybridized carbons (Fsp3) is 0.533. The van der Waals surface area contributed by atoms with Crippen molar-refractivity contribution in [3.05, 3.63) is 30.3 Å². The Kier molecular flexibility index (Phi) is 5.21. The van der Waals surface area contributed by atoms with Gasteiger partial charge < -0.3 is 14.5 Å². The summed E-state index contributed by atoms with van der Waals surface area (Å²) in [6.07, 6.45) is -0.283. The van der Waals surface area contributed by atoms with Crippen LogP contribution >= 0.6 is 0 Å². The molecular weight excluding hydrogens is 240 g/mol. The third kappa shape index (κ3) is 5.64. The van der Waals surface area contributed by atoms with E-state index in [2.05, 4.69) is 4.90 Å². The van der Waals surface area contributed by atoms with Crippen LogP contribution in [0.25, 0.3) is 0 Å². The zero-order chi connectivity index (χ0) is 14.5. The predicted octanol–water partition coefficient (Wildman–Crippen LogP) is 2.99. The Balaban J connectivity index is 2.42. The molecule has 1 aromatic rings. The van der Waals surface area contributed by atoms with Crippen LogP contribution in [0.3, 0.4) is 0 Å². The first-order valence-electron chi connectivity index (χ1n) is 6.50. The Morgan fingerprint density at radius 1 is 1.11 bits per heavy atom. The number of carbonyl (C=O) groups excluding carboxylic acids is 1. The molecule has 1 amide bonds. The molecule has 0 aliphatic heterocycles. The molecule has 0 spiro atoms. The first kappa shape index (κ1) is 15.3. The Bertz CT molecular complexity index is 398. The van der Waals surface area contributed by atoms with Gasteiger partial charge in [-0.05, 0) is 32.9 Å². The molecule has 0 fully saturated rings. The van der Waals surface area contributed by atoms with Crippen LogP contribution in [0.2, 0.25) is 0 Å². The van der Waals surface area contributed by atoms with E-state index in [1.165, 1.54) is 0 Å². The van der Waals surface area contributed by atoms with E-state index >= 15 is 0 Å². The number of anilines is 1. The second-order valence-corrected chi connectivity index (χ2v) is 5.66. The molecule has 1 aromatic carbocycles. The lowest BCUT2D eigenvalue weighted by Crippen LogP contribution is -2.38. The largest absolute Gasteiger partial charge is 0.444 e. The molecule has 0 aliphatic rings. The van der Waals surface area contributed by atoms with Gasteiger partial charge in [0.25, 0.3) is 0 Å². The summed E-state index contributed by atoms with van der Waals surface area (Å²) in [6, 6.07) is 10.1. The molecule has 0 aromatic heterocycles. The summed E-state index contributed by atoms with van der Waals surface area (Å²) in [5.74, 6) is 0. The molecule has 0 saturated heterocycles. The number of benzene rings is 1. The molecule has 106 valence electrons. The summed E-state index contributed by atoms with van der Waals surface area (Å²) in [5, 5.41) is 0. The lowest BCUT2D eigenvalue weighted by atomic mass is 10.2. The van der Waals surface area contributed by atoms with Crippen LogP contribution in [-0.2, 0) is 4.74 Å². The van der Waals surface area contributed by atoms with Gasteiger partial charge in [-0.2, -0.15) is 0 Å². The maximum atomic E-state index is 11.8. The third-order valence-corrected chi connectivity index (χ3v) is 2.67. The van der Waals surface area contributed by atoms with Crippen molar-refractivity contribution in [2.45, 2.75) is 26.4 Å². The number of ether oxygens (including phenoxy) is 1. The maximum Gasteiger partial charge on any atom is 0.410 e. The summed E-state index contributed by atoms with van der Waals surface area (Å²) in [7, 11) is 3.77. The molecule has 1 rings (SSSR count). The van der Waals surface area contributed by atoms with Gasteiger partial charge in [-0.3, -0.25) is 0 Å². The Labute approximate surface area is 116 Å². The van der Waals surface area contributed by atoms with Crippen LogP contribution < -0.4 is 4.90 Å². The number of likely N-dealkylation sites (N-methyl/N-ethyl adjacent to an activating group) is 2. The van der Waals surface area contributed by atoms with E-state index < -0.39 is 5.60 Å². The van der Waals surface area contributed by atoms with Gasteiger partial charge in [0, 0.05) is 32.9 Å². The van der Waals surface area contributed by atoms with Crippen molar-refractivity contribution in [1.29, 1.82) is 0 Å². The molecule has 0 atom stereocenters. The highest BCUT2D eigenvalue weighted by Gasteiger charge is 2.19. The predicted molar refractivity (Wildman–Crippen MR) is 78.6 cm³/mol. The van der Waals surface area contributed by atoms with Crippen LogP contribution in [0.1, 0.15) is 20.8 Å². The second kappa shape index (κ2) is 6.45. The van der Waals surface area contributed by atoms with E-state index in [4.69, 9.17) is 4.74 Å². The Morgan fingerprint density at radius 2 is 1.68 bits per heavy atom. The molecule has 19 heavy (non-hydrogen) atoms. The molecule has 4 nitrogen and oxygen atoms in total. The van der Waals surface area contributed by atoms with Crippen molar-refractivity contribution in [3.63, 3.8) is 0 Å². The van der Waals surface area contributed by atoms with E-state index in [1.54, 1.807) is 11.9 Å². The van der Waals surface area contributed by atoms with Gasteiger partial charge in [-0.15, -0.1) is 0 Å². The number of amides is 1. The van der Waals surface area contributed by atoms with E-state index in [0.29, 0.717) is 6.54 Å². The second-order valence-electron chi connectivity index (χ2n) is 5.66.